The number of hydrogen-bond acceptors (Lipinski definition) is 3. The van der Waals surface area contributed by atoms with Crippen molar-refractivity contribution in [2.75, 3.05) is 20.2 Å². The summed E-state index contributed by atoms with van der Waals surface area (Å²) in [5.74, 6) is 0.484. The van der Waals surface area contributed by atoms with Crippen LogP contribution in [0.25, 0.3) is 0 Å². The zero-order valence-corrected chi connectivity index (χ0v) is 14.6. The third-order valence-corrected chi connectivity index (χ3v) is 4.70. The number of amides is 1. The van der Waals surface area contributed by atoms with Crippen molar-refractivity contribution >= 4 is 40.1 Å². The first-order valence-electron chi connectivity index (χ1n) is 6.40. The lowest BCUT2D eigenvalue weighted by atomic mass is 10.1. The molecule has 1 aliphatic rings. The number of nitrogens with zero attached hydrogens (tertiary/aromatic N) is 1. The summed E-state index contributed by atoms with van der Waals surface area (Å²) in [6.07, 6.45) is 0.0704. The minimum atomic E-state index is -0.0675. The molecule has 6 heteroatoms. The highest BCUT2D eigenvalue weighted by Crippen LogP contribution is 2.29. The van der Waals surface area contributed by atoms with E-state index < -0.39 is 0 Å². The molecule has 1 fully saturated rings. The Morgan fingerprint density at radius 1 is 1.40 bits per heavy atom. The maximum atomic E-state index is 12.7. The van der Waals surface area contributed by atoms with Gasteiger partial charge in [-0.05, 0) is 48.6 Å². The molecule has 110 valence electrons. The minimum Gasteiger partial charge on any atom is -0.496 e. The number of halogens is 2. The van der Waals surface area contributed by atoms with E-state index in [1.165, 1.54) is 0 Å². The number of carbonyl (C=O) groups excluding carboxylic acids is 1. The Kier molecular flexibility index (Phi) is 5.14. The molecule has 1 aromatic carbocycles. The lowest BCUT2D eigenvalue weighted by Gasteiger charge is -2.35. The fraction of sp³-hybridized carbons (Fsp3) is 0.500. The topological polar surface area (TPSA) is 38.8 Å². The second-order valence-electron chi connectivity index (χ2n) is 4.93. The number of carbonyl (C=O) groups is 1. The molecule has 1 heterocycles. The van der Waals surface area contributed by atoms with Crippen molar-refractivity contribution in [1.29, 1.82) is 0 Å². The van der Waals surface area contributed by atoms with Gasteiger partial charge in [0.1, 0.15) is 5.75 Å². The van der Waals surface area contributed by atoms with Crippen molar-refractivity contribution in [3.05, 3.63) is 26.3 Å². The van der Waals surface area contributed by atoms with E-state index >= 15 is 0 Å². The quantitative estimate of drug-likeness (QED) is 0.704. The first-order valence-corrected chi connectivity index (χ1v) is 7.85. The van der Waals surface area contributed by atoms with Crippen LogP contribution in [0.15, 0.2) is 12.1 Å². The highest BCUT2D eigenvalue weighted by Gasteiger charge is 2.28. The van der Waals surface area contributed by atoms with Gasteiger partial charge in [-0.1, -0.05) is 11.6 Å². The lowest BCUT2D eigenvalue weighted by molar-refractivity contribution is -0.0586. The number of rotatable bonds is 2. The minimum absolute atomic E-state index is 0.0352. The summed E-state index contributed by atoms with van der Waals surface area (Å²) in [5, 5.41) is 0.559. The van der Waals surface area contributed by atoms with Gasteiger partial charge in [0.25, 0.3) is 5.91 Å². The van der Waals surface area contributed by atoms with E-state index in [1.807, 2.05) is 13.8 Å². The summed E-state index contributed by atoms with van der Waals surface area (Å²) in [6.45, 7) is 5.09. The molecule has 1 aromatic rings. The van der Waals surface area contributed by atoms with Crippen LogP contribution < -0.4 is 4.74 Å². The maximum absolute atomic E-state index is 12.7. The average molecular weight is 410 g/mol. The molecule has 2 atom stereocenters. The molecule has 0 N–H and O–H groups in total. The van der Waals surface area contributed by atoms with Crippen LogP contribution in [-0.4, -0.2) is 43.2 Å². The molecule has 1 amide bonds. The Hall–Kier alpha value is -0.530. The zero-order valence-electron chi connectivity index (χ0n) is 11.7. The van der Waals surface area contributed by atoms with E-state index in [4.69, 9.17) is 21.1 Å². The first-order chi connectivity index (χ1) is 9.42. The molecule has 0 spiro atoms. The van der Waals surface area contributed by atoms with Gasteiger partial charge >= 0.3 is 0 Å². The summed E-state index contributed by atoms with van der Waals surface area (Å²) in [5.41, 5.74) is 0.499. The maximum Gasteiger partial charge on any atom is 0.257 e. The van der Waals surface area contributed by atoms with Crippen molar-refractivity contribution in [1.82, 2.24) is 4.90 Å². The van der Waals surface area contributed by atoms with Crippen LogP contribution in [0.5, 0.6) is 5.75 Å². The predicted octanol–water partition coefficient (Wildman–Crippen LogP) is 3.20. The van der Waals surface area contributed by atoms with Crippen molar-refractivity contribution in [2.24, 2.45) is 0 Å². The molecule has 4 nitrogen and oxygen atoms in total. The van der Waals surface area contributed by atoms with Gasteiger partial charge in [0.2, 0.25) is 0 Å². The van der Waals surface area contributed by atoms with Gasteiger partial charge in [-0.25, -0.2) is 0 Å². The zero-order chi connectivity index (χ0) is 14.9. The Morgan fingerprint density at radius 2 is 2.00 bits per heavy atom. The van der Waals surface area contributed by atoms with Crippen LogP contribution in [0.2, 0.25) is 5.02 Å². The molecule has 2 rings (SSSR count). The summed E-state index contributed by atoms with van der Waals surface area (Å²) in [6, 6.07) is 3.46. The molecule has 0 aromatic heterocycles. The smallest absolute Gasteiger partial charge is 0.257 e. The molecular formula is C14H17ClINO3. The molecule has 0 unspecified atom stereocenters. The van der Waals surface area contributed by atoms with Gasteiger partial charge in [-0.15, -0.1) is 0 Å². The first kappa shape index (κ1) is 15.9. The normalized spacial score (nSPS) is 22.8. The third kappa shape index (κ3) is 3.38. The lowest BCUT2D eigenvalue weighted by Crippen LogP contribution is -2.48. The highest BCUT2D eigenvalue weighted by molar-refractivity contribution is 14.1. The van der Waals surface area contributed by atoms with Gasteiger partial charge in [0.15, 0.2) is 0 Å². The van der Waals surface area contributed by atoms with Crippen LogP contribution >= 0.6 is 34.2 Å². The van der Waals surface area contributed by atoms with Crippen LogP contribution in [0.1, 0.15) is 24.2 Å². The Bertz CT molecular complexity index is 513. The molecule has 0 saturated carbocycles. The van der Waals surface area contributed by atoms with Crippen molar-refractivity contribution < 1.29 is 14.3 Å². The van der Waals surface area contributed by atoms with Crippen molar-refractivity contribution in [3.63, 3.8) is 0 Å². The predicted molar refractivity (Wildman–Crippen MR) is 86.6 cm³/mol. The monoisotopic (exact) mass is 409 g/mol. The summed E-state index contributed by atoms with van der Waals surface area (Å²) < 4.78 is 11.8. The third-order valence-electron chi connectivity index (χ3n) is 3.18. The van der Waals surface area contributed by atoms with Crippen molar-refractivity contribution in [3.8, 4) is 5.75 Å². The molecule has 0 aliphatic carbocycles. The Morgan fingerprint density at radius 3 is 2.55 bits per heavy atom. The summed E-state index contributed by atoms with van der Waals surface area (Å²) in [4.78, 5) is 14.5. The molecule has 0 radical (unpaired) electrons. The fourth-order valence-electron chi connectivity index (χ4n) is 2.38. The van der Waals surface area contributed by atoms with E-state index in [0.29, 0.717) is 29.4 Å². The number of hydrogen-bond donors (Lipinski definition) is 0. The van der Waals surface area contributed by atoms with Gasteiger partial charge in [-0.3, -0.25) is 4.79 Å². The molecule has 0 bridgehead atoms. The number of ether oxygens (including phenoxy) is 2. The summed E-state index contributed by atoms with van der Waals surface area (Å²) >= 11 is 8.24. The molecule has 1 saturated heterocycles. The number of methoxy groups -OCH3 is 1. The van der Waals surface area contributed by atoms with Gasteiger partial charge in [0, 0.05) is 16.7 Å². The summed E-state index contributed by atoms with van der Waals surface area (Å²) in [7, 11) is 1.56. The fourth-order valence-corrected chi connectivity index (χ4v) is 2.98. The van der Waals surface area contributed by atoms with Gasteiger partial charge in [-0.2, -0.15) is 0 Å². The Balaban J connectivity index is 2.31. The largest absolute Gasteiger partial charge is 0.496 e. The second kappa shape index (κ2) is 6.49. The second-order valence-corrected chi connectivity index (χ2v) is 6.50. The SMILES string of the molecule is COc1cc(I)c(Cl)cc1C(=O)N1C[C@@H](C)O[C@H](C)C1. The van der Waals surface area contributed by atoms with Gasteiger partial charge < -0.3 is 14.4 Å². The van der Waals surface area contributed by atoms with E-state index in [9.17, 15) is 4.79 Å². The molecule has 1 aliphatic heterocycles. The van der Waals surface area contributed by atoms with Crippen LogP contribution in [0.4, 0.5) is 0 Å². The number of benzene rings is 1. The van der Waals surface area contributed by atoms with E-state index in [0.717, 1.165) is 3.57 Å². The van der Waals surface area contributed by atoms with E-state index in [-0.39, 0.29) is 18.1 Å². The standard InChI is InChI=1S/C14H17ClINO3/c1-8-6-17(7-9(2)20-8)14(18)10-4-11(15)12(16)5-13(10)19-3/h4-5,8-9H,6-7H2,1-3H3/t8-,9-/m1/s1. The Labute approximate surface area is 137 Å². The number of morpholine rings is 1. The van der Waals surface area contributed by atoms with Gasteiger partial charge in [0.05, 0.1) is 29.9 Å². The van der Waals surface area contributed by atoms with E-state index in [2.05, 4.69) is 22.6 Å². The van der Waals surface area contributed by atoms with Crippen LogP contribution in [0, 0.1) is 3.57 Å². The van der Waals surface area contributed by atoms with Crippen LogP contribution in [-0.2, 0) is 4.74 Å². The highest BCUT2D eigenvalue weighted by atomic mass is 127. The average Bonchev–Trinajstić information content (AvgIpc) is 2.39. The van der Waals surface area contributed by atoms with E-state index in [1.54, 1.807) is 24.1 Å². The molecular weight excluding hydrogens is 393 g/mol. The van der Waals surface area contributed by atoms with Crippen molar-refractivity contribution in [2.45, 2.75) is 26.1 Å². The van der Waals surface area contributed by atoms with Crippen LogP contribution in [0.3, 0.4) is 0 Å². The molecule has 20 heavy (non-hydrogen) atoms.